The molecular weight excluding hydrogens is 300 g/mol. The average molecular weight is 318 g/mol. The fraction of sp³-hybridized carbons (Fsp3) is 0.692. The molecule has 1 aliphatic heterocycles. The molecule has 0 aromatic heterocycles. The van der Waals surface area contributed by atoms with E-state index in [2.05, 4.69) is 0 Å². The van der Waals surface area contributed by atoms with E-state index in [0.717, 1.165) is 27.7 Å². The molecule has 0 amide bonds. The highest BCUT2D eigenvalue weighted by Gasteiger charge is 2.76. The van der Waals surface area contributed by atoms with Gasteiger partial charge in [0.2, 0.25) is 5.78 Å². The van der Waals surface area contributed by atoms with Crippen LogP contribution in [-0.4, -0.2) is 63.9 Å². The molecule has 0 aromatic rings. The molecule has 0 aromatic carbocycles. The van der Waals surface area contributed by atoms with Crippen LogP contribution >= 0.6 is 0 Å². The summed E-state index contributed by atoms with van der Waals surface area (Å²) >= 11 is 0. The van der Waals surface area contributed by atoms with Crippen LogP contribution in [0, 0.1) is 0 Å². The Morgan fingerprint density at radius 3 is 1.82 bits per heavy atom. The summed E-state index contributed by atoms with van der Waals surface area (Å²) in [4.78, 5) is 47.0. The monoisotopic (exact) mass is 318 g/mol. The second-order valence-corrected chi connectivity index (χ2v) is 4.94. The van der Waals surface area contributed by atoms with E-state index in [1.54, 1.807) is 0 Å². The molecule has 2 N–H and O–H groups in total. The Morgan fingerprint density at radius 1 is 1.00 bits per heavy atom. The number of rotatable bonds is 5. The Hall–Kier alpha value is -1.84. The second-order valence-electron chi connectivity index (χ2n) is 4.94. The molecule has 1 aliphatic rings. The molecule has 22 heavy (non-hydrogen) atoms. The summed E-state index contributed by atoms with van der Waals surface area (Å²) in [7, 11) is 0. The first-order valence-corrected chi connectivity index (χ1v) is 6.43. The Morgan fingerprint density at radius 2 is 1.50 bits per heavy atom. The number of ether oxygens (including phenoxy) is 3. The van der Waals surface area contributed by atoms with Crippen LogP contribution in [0.3, 0.4) is 0 Å². The average Bonchev–Trinajstić information content (AvgIpc) is 2.61. The second kappa shape index (κ2) is 6.11. The fourth-order valence-electron chi connectivity index (χ4n) is 2.54. The molecule has 1 heterocycles. The Kier molecular flexibility index (Phi) is 5.06. The number of esters is 2. The number of carbonyl (C=O) groups is 4. The summed E-state index contributed by atoms with van der Waals surface area (Å²) in [6.07, 6.45) is -3.37. The van der Waals surface area contributed by atoms with Crippen molar-refractivity contribution < 1.29 is 43.6 Å². The van der Waals surface area contributed by atoms with Crippen molar-refractivity contribution in [2.75, 3.05) is 6.61 Å². The maximum absolute atomic E-state index is 12.1. The van der Waals surface area contributed by atoms with Gasteiger partial charge in [0.25, 0.3) is 5.60 Å². The lowest BCUT2D eigenvalue weighted by atomic mass is 9.82. The first-order valence-electron chi connectivity index (χ1n) is 6.43. The normalized spacial score (nSPS) is 34.1. The zero-order valence-corrected chi connectivity index (χ0v) is 12.6. The van der Waals surface area contributed by atoms with E-state index in [1.165, 1.54) is 0 Å². The number of carbonyl (C=O) groups excluding carboxylic acids is 4. The molecule has 124 valence electrons. The van der Waals surface area contributed by atoms with Crippen LogP contribution in [0.15, 0.2) is 0 Å². The standard InChI is InChI=1S/C13H18O9/c1-6(15)12(20-8(3)17)11(19)10(5-14)22-13(12,7(2)16)21-9(4)18/h10-11,14,19H,5H2,1-4H3. The molecule has 0 bridgehead atoms. The number of aliphatic hydroxyl groups excluding tert-OH is 2. The zero-order valence-electron chi connectivity index (χ0n) is 12.6. The van der Waals surface area contributed by atoms with Crippen LogP contribution in [-0.2, 0) is 33.4 Å². The van der Waals surface area contributed by atoms with Crippen LogP contribution in [0.5, 0.6) is 0 Å². The summed E-state index contributed by atoms with van der Waals surface area (Å²) in [5, 5.41) is 19.5. The van der Waals surface area contributed by atoms with Gasteiger partial charge in [0, 0.05) is 20.8 Å². The van der Waals surface area contributed by atoms with Crippen molar-refractivity contribution in [1.29, 1.82) is 0 Å². The van der Waals surface area contributed by atoms with Crippen molar-refractivity contribution in [1.82, 2.24) is 0 Å². The maximum Gasteiger partial charge on any atom is 0.324 e. The molecule has 9 nitrogen and oxygen atoms in total. The number of Topliss-reactive ketones (excluding diaryl/α,β-unsaturated/α-hetero) is 2. The quantitative estimate of drug-likeness (QED) is 0.579. The van der Waals surface area contributed by atoms with Crippen LogP contribution < -0.4 is 0 Å². The number of ketones is 2. The predicted octanol–water partition coefficient (Wildman–Crippen LogP) is -1.52. The molecular formula is C13H18O9. The topological polar surface area (TPSA) is 136 Å². The van der Waals surface area contributed by atoms with Gasteiger partial charge in [0.05, 0.1) is 6.61 Å². The Labute approximate surface area is 126 Å². The third-order valence-corrected chi connectivity index (χ3v) is 3.33. The molecule has 0 saturated carbocycles. The van der Waals surface area contributed by atoms with E-state index in [0.29, 0.717) is 0 Å². The maximum atomic E-state index is 12.1. The van der Waals surface area contributed by atoms with Gasteiger partial charge in [-0.25, -0.2) is 0 Å². The van der Waals surface area contributed by atoms with Crippen molar-refractivity contribution in [3.8, 4) is 0 Å². The van der Waals surface area contributed by atoms with Crippen LogP contribution in [0.2, 0.25) is 0 Å². The summed E-state index contributed by atoms with van der Waals surface area (Å²) in [6, 6.07) is 0. The molecule has 9 heteroatoms. The minimum absolute atomic E-state index is 0.798. The van der Waals surface area contributed by atoms with Gasteiger partial charge >= 0.3 is 17.7 Å². The van der Waals surface area contributed by atoms with Gasteiger partial charge in [0.15, 0.2) is 5.78 Å². The highest BCUT2D eigenvalue weighted by Crippen LogP contribution is 2.45. The smallest absolute Gasteiger partial charge is 0.324 e. The number of hydrogen-bond donors (Lipinski definition) is 2. The minimum atomic E-state index is -2.66. The van der Waals surface area contributed by atoms with E-state index >= 15 is 0 Å². The van der Waals surface area contributed by atoms with Gasteiger partial charge in [-0.3, -0.25) is 19.2 Å². The first kappa shape index (κ1) is 18.2. The SMILES string of the molecule is CC(=O)OC1(C(C)=O)OC(CO)C(O)C1(OC(C)=O)C(C)=O. The lowest BCUT2D eigenvalue weighted by molar-refractivity contribution is -0.263. The minimum Gasteiger partial charge on any atom is -0.441 e. The Balaban J connectivity index is 3.65. The van der Waals surface area contributed by atoms with Crippen LogP contribution in [0.4, 0.5) is 0 Å². The van der Waals surface area contributed by atoms with E-state index in [9.17, 15) is 29.4 Å². The van der Waals surface area contributed by atoms with Crippen LogP contribution in [0.25, 0.3) is 0 Å². The summed E-state index contributed by atoms with van der Waals surface area (Å²) < 4.78 is 14.9. The lowest BCUT2D eigenvalue weighted by Crippen LogP contribution is -2.67. The summed E-state index contributed by atoms with van der Waals surface area (Å²) in [6.45, 7) is 2.98. The van der Waals surface area contributed by atoms with E-state index in [1.807, 2.05) is 0 Å². The first-order chi connectivity index (χ1) is 10.0. The summed E-state index contributed by atoms with van der Waals surface area (Å²) in [5.74, 6) is -6.62. The largest absolute Gasteiger partial charge is 0.441 e. The highest BCUT2D eigenvalue weighted by atomic mass is 16.8. The molecule has 1 rings (SSSR count). The summed E-state index contributed by atoms with van der Waals surface area (Å²) in [5.41, 5.74) is -2.59. The third kappa shape index (κ3) is 2.51. The van der Waals surface area contributed by atoms with Gasteiger partial charge in [-0.2, -0.15) is 0 Å². The third-order valence-electron chi connectivity index (χ3n) is 3.33. The highest BCUT2D eigenvalue weighted by molar-refractivity contribution is 6.00. The molecule has 0 aliphatic carbocycles. The zero-order chi connectivity index (χ0) is 17.3. The van der Waals surface area contributed by atoms with Crippen molar-refractivity contribution >= 4 is 23.5 Å². The van der Waals surface area contributed by atoms with Crippen molar-refractivity contribution in [2.45, 2.75) is 51.3 Å². The van der Waals surface area contributed by atoms with Gasteiger partial charge in [-0.15, -0.1) is 0 Å². The van der Waals surface area contributed by atoms with E-state index in [4.69, 9.17) is 14.2 Å². The molecule has 4 atom stereocenters. The molecule has 1 fully saturated rings. The molecule has 1 saturated heterocycles. The fourth-order valence-corrected chi connectivity index (χ4v) is 2.54. The van der Waals surface area contributed by atoms with Crippen molar-refractivity contribution in [3.63, 3.8) is 0 Å². The molecule has 0 spiro atoms. The van der Waals surface area contributed by atoms with Gasteiger partial charge < -0.3 is 24.4 Å². The van der Waals surface area contributed by atoms with E-state index in [-0.39, 0.29) is 0 Å². The van der Waals surface area contributed by atoms with E-state index < -0.39 is 53.7 Å². The number of hydrogen-bond acceptors (Lipinski definition) is 9. The predicted molar refractivity (Wildman–Crippen MR) is 68.3 cm³/mol. The number of aliphatic hydroxyl groups is 2. The van der Waals surface area contributed by atoms with Gasteiger partial charge in [-0.1, -0.05) is 0 Å². The Bertz CT molecular complexity index is 514. The van der Waals surface area contributed by atoms with Crippen molar-refractivity contribution in [3.05, 3.63) is 0 Å². The van der Waals surface area contributed by atoms with Crippen molar-refractivity contribution in [2.24, 2.45) is 0 Å². The molecule has 0 radical (unpaired) electrons. The van der Waals surface area contributed by atoms with Gasteiger partial charge in [0.1, 0.15) is 12.2 Å². The lowest BCUT2D eigenvalue weighted by Gasteiger charge is -2.39. The molecule has 4 unspecified atom stereocenters. The van der Waals surface area contributed by atoms with Gasteiger partial charge in [-0.05, 0) is 6.92 Å². The van der Waals surface area contributed by atoms with Crippen LogP contribution in [0.1, 0.15) is 27.7 Å².